The Labute approximate surface area is 168 Å². The van der Waals surface area contributed by atoms with Gasteiger partial charge in [0.05, 0.1) is 0 Å². The molecule has 0 atom stereocenters. The van der Waals surface area contributed by atoms with Crippen LogP contribution in [0.1, 0.15) is 77.0 Å². The van der Waals surface area contributed by atoms with Gasteiger partial charge in [0.1, 0.15) is 0 Å². The Morgan fingerprint density at radius 1 is 0.500 bits per heavy atom. The van der Waals surface area contributed by atoms with Gasteiger partial charge in [-0.1, -0.05) is 44.9 Å². The van der Waals surface area contributed by atoms with Gasteiger partial charge in [-0.2, -0.15) is 0 Å². The second-order valence-electron chi connectivity index (χ2n) is 6.98. The van der Waals surface area contributed by atoms with Crippen molar-refractivity contribution in [1.82, 2.24) is 21.2 Å². The van der Waals surface area contributed by atoms with Crippen LogP contribution in [0.5, 0.6) is 0 Å². The van der Waals surface area contributed by atoms with Crippen molar-refractivity contribution in [3.8, 4) is 0 Å². The zero-order chi connectivity index (χ0) is 21.0. The number of amides is 3. The summed E-state index contributed by atoms with van der Waals surface area (Å²) >= 11 is 0. The summed E-state index contributed by atoms with van der Waals surface area (Å²) in [6.45, 7) is 1.99. The lowest BCUT2D eigenvalue weighted by molar-refractivity contribution is -0.122. The lowest BCUT2D eigenvalue weighted by Crippen LogP contribution is -2.37. The molecule has 28 heavy (non-hydrogen) atoms. The number of carbonyl (C=O) groups is 3. The summed E-state index contributed by atoms with van der Waals surface area (Å²) < 4.78 is 0. The number of nitrogens with two attached hydrogens (primary N) is 3. The van der Waals surface area contributed by atoms with Crippen LogP contribution in [0.3, 0.4) is 0 Å². The van der Waals surface area contributed by atoms with Crippen LogP contribution in [-0.2, 0) is 14.4 Å². The molecule has 0 rings (SSSR count). The third kappa shape index (κ3) is 16.4. The molecule has 0 aliphatic heterocycles. The van der Waals surface area contributed by atoms with Crippen LogP contribution in [-0.4, -0.2) is 42.3 Å². The lowest BCUT2D eigenvalue weighted by Gasteiger charge is -2.21. The van der Waals surface area contributed by atoms with Gasteiger partial charge in [-0.25, -0.2) is 17.5 Å². The van der Waals surface area contributed by atoms with Crippen LogP contribution in [0.15, 0.2) is 0 Å². The maximum absolute atomic E-state index is 11.3. The minimum atomic E-state index is -0.211. The van der Waals surface area contributed by atoms with E-state index in [9.17, 15) is 14.4 Å². The molecule has 0 unspecified atom stereocenters. The summed E-state index contributed by atoms with van der Waals surface area (Å²) in [6, 6.07) is 0. The Balaban J connectivity index is 3.72. The molecule has 0 aliphatic carbocycles. The Morgan fingerprint density at radius 3 is 1.29 bits per heavy atom. The van der Waals surface area contributed by atoms with Crippen molar-refractivity contribution < 1.29 is 14.4 Å². The summed E-state index contributed by atoms with van der Waals surface area (Å²) in [5, 5.41) is 0. The molecule has 9 N–H and O–H groups in total. The average molecular weight is 402 g/mol. The topological polar surface area (TPSA) is 169 Å². The van der Waals surface area contributed by atoms with E-state index < -0.39 is 0 Å². The standard InChI is InChI=1S/C18H39N7O3/c19-22-16(26)10-8-6-4-2-1-3-5-7-9-13-25(14-11-17(27)23-20)15-12-18(28)24-21/h1-15,19-21H2,(H,22,26)(H,23,27)(H,24,28). The summed E-state index contributed by atoms with van der Waals surface area (Å²) in [4.78, 5) is 35.7. The highest BCUT2D eigenvalue weighted by molar-refractivity contribution is 5.76. The highest BCUT2D eigenvalue weighted by atomic mass is 16.2. The fourth-order valence-electron chi connectivity index (χ4n) is 2.93. The van der Waals surface area contributed by atoms with E-state index in [1.54, 1.807) is 0 Å². The molecule has 0 aromatic heterocycles. The maximum atomic E-state index is 11.3. The SMILES string of the molecule is NNC(=O)CCCCCCCCCCCN(CCC(=O)NN)CCC(=O)NN. The predicted octanol–water partition coefficient (Wildman–Crippen LogP) is -0.0607. The molecule has 0 fully saturated rings. The zero-order valence-corrected chi connectivity index (χ0v) is 17.0. The molecule has 3 amide bonds. The molecule has 0 aromatic carbocycles. The van der Waals surface area contributed by atoms with Gasteiger partial charge in [-0.05, 0) is 19.4 Å². The third-order valence-electron chi connectivity index (χ3n) is 4.67. The first-order chi connectivity index (χ1) is 13.5. The third-order valence-corrected chi connectivity index (χ3v) is 4.67. The molecule has 10 heteroatoms. The minimum absolute atomic E-state index is 0.0960. The summed E-state index contributed by atoms with van der Waals surface area (Å²) in [5.74, 6) is 14.7. The van der Waals surface area contributed by atoms with Gasteiger partial charge in [0.2, 0.25) is 17.7 Å². The van der Waals surface area contributed by atoms with Crippen molar-refractivity contribution in [3.05, 3.63) is 0 Å². The molecule has 0 saturated heterocycles. The molecule has 0 radical (unpaired) electrons. The second kappa shape index (κ2) is 18.6. The van der Waals surface area contributed by atoms with E-state index >= 15 is 0 Å². The molecule has 0 saturated carbocycles. The highest BCUT2D eigenvalue weighted by Crippen LogP contribution is 2.11. The Bertz CT molecular complexity index is 415. The summed E-state index contributed by atoms with van der Waals surface area (Å²) in [6.07, 6.45) is 11.2. The van der Waals surface area contributed by atoms with Gasteiger partial charge in [0, 0.05) is 32.4 Å². The van der Waals surface area contributed by atoms with E-state index in [1.165, 1.54) is 25.7 Å². The van der Waals surface area contributed by atoms with Crippen molar-refractivity contribution in [2.75, 3.05) is 19.6 Å². The van der Waals surface area contributed by atoms with E-state index in [0.29, 0.717) is 32.4 Å². The number of nitrogens with one attached hydrogen (secondary N) is 3. The van der Waals surface area contributed by atoms with E-state index in [1.807, 2.05) is 0 Å². The number of nitrogens with zero attached hydrogens (tertiary/aromatic N) is 1. The first-order valence-corrected chi connectivity index (χ1v) is 10.2. The van der Waals surface area contributed by atoms with Crippen molar-refractivity contribution in [2.45, 2.75) is 77.0 Å². The fourth-order valence-corrected chi connectivity index (χ4v) is 2.93. The Morgan fingerprint density at radius 2 is 0.857 bits per heavy atom. The first kappa shape index (κ1) is 26.2. The van der Waals surface area contributed by atoms with Gasteiger partial charge in [-0.15, -0.1) is 0 Å². The first-order valence-electron chi connectivity index (χ1n) is 10.2. The molecular weight excluding hydrogens is 362 g/mol. The van der Waals surface area contributed by atoms with E-state index in [-0.39, 0.29) is 17.7 Å². The van der Waals surface area contributed by atoms with Gasteiger partial charge in [-0.3, -0.25) is 30.7 Å². The molecule has 164 valence electrons. The van der Waals surface area contributed by atoms with Crippen molar-refractivity contribution in [1.29, 1.82) is 0 Å². The van der Waals surface area contributed by atoms with Crippen molar-refractivity contribution in [2.24, 2.45) is 17.5 Å². The minimum Gasteiger partial charge on any atom is -0.302 e. The molecule has 0 heterocycles. The van der Waals surface area contributed by atoms with Crippen molar-refractivity contribution >= 4 is 17.7 Å². The molecule has 10 nitrogen and oxygen atoms in total. The average Bonchev–Trinajstić information content (AvgIpc) is 2.72. The number of carbonyl (C=O) groups excluding carboxylic acids is 3. The number of rotatable bonds is 18. The van der Waals surface area contributed by atoms with Gasteiger partial charge in [0.25, 0.3) is 0 Å². The van der Waals surface area contributed by atoms with Gasteiger partial charge in [0.15, 0.2) is 0 Å². The fraction of sp³-hybridized carbons (Fsp3) is 0.833. The number of hydrazine groups is 3. The smallest absolute Gasteiger partial charge is 0.235 e. The lowest BCUT2D eigenvalue weighted by atomic mass is 10.1. The van der Waals surface area contributed by atoms with Crippen LogP contribution < -0.4 is 33.8 Å². The number of unbranched alkanes of at least 4 members (excludes halogenated alkanes) is 8. The largest absolute Gasteiger partial charge is 0.302 e. The molecule has 0 aromatic rings. The quantitative estimate of drug-likeness (QED) is 0.0808. The van der Waals surface area contributed by atoms with E-state index in [2.05, 4.69) is 21.2 Å². The van der Waals surface area contributed by atoms with E-state index in [0.717, 1.165) is 38.6 Å². The maximum Gasteiger partial charge on any atom is 0.235 e. The van der Waals surface area contributed by atoms with Crippen LogP contribution >= 0.6 is 0 Å². The number of hydrogen-bond donors (Lipinski definition) is 6. The highest BCUT2D eigenvalue weighted by Gasteiger charge is 2.09. The second-order valence-corrected chi connectivity index (χ2v) is 6.98. The Hall–Kier alpha value is -1.75. The molecule has 0 bridgehead atoms. The van der Waals surface area contributed by atoms with Crippen LogP contribution in [0.4, 0.5) is 0 Å². The normalized spacial score (nSPS) is 10.7. The number of hydrogen-bond acceptors (Lipinski definition) is 7. The van der Waals surface area contributed by atoms with Crippen molar-refractivity contribution in [3.63, 3.8) is 0 Å². The van der Waals surface area contributed by atoms with Crippen LogP contribution in [0.25, 0.3) is 0 Å². The van der Waals surface area contributed by atoms with E-state index in [4.69, 9.17) is 17.5 Å². The molecule has 0 aliphatic rings. The van der Waals surface area contributed by atoms with Crippen LogP contribution in [0, 0.1) is 0 Å². The van der Waals surface area contributed by atoms with Crippen LogP contribution in [0.2, 0.25) is 0 Å². The molecular formula is C18H39N7O3. The molecule has 0 spiro atoms. The summed E-state index contributed by atoms with van der Waals surface area (Å²) in [5.41, 5.74) is 6.39. The van der Waals surface area contributed by atoms with Gasteiger partial charge >= 0.3 is 0 Å². The summed E-state index contributed by atoms with van der Waals surface area (Å²) in [7, 11) is 0. The zero-order valence-electron chi connectivity index (χ0n) is 17.0. The Kier molecular flexibility index (Phi) is 17.4. The monoisotopic (exact) mass is 401 g/mol. The van der Waals surface area contributed by atoms with Gasteiger partial charge < -0.3 is 4.90 Å². The predicted molar refractivity (Wildman–Crippen MR) is 109 cm³/mol.